The van der Waals surface area contributed by atoms with Crippen LogP contribution in [0.2, 0.25) is 0 Å². The van der Waals surface area contributed by atoms with Crippen LogP contribution in [-0.2, 0) is 6.42 Å². The van der Waals surface area contributed by atoms with E-state index in [0.29, 0.717) is 0 Å². The molecule has 0 aromatic heterocycles. The van der Waals surface area contributed by atoms with Crippen LogP contribution in [0.3, 0.4) is 0 Å². The van der Waals surface area contributed by atoms with E-state index >= 15 is 0 Å². The van der Waals surface area contributed by atoms with Crippen molar-refractivity contribution in [3.63, 3.8) is 0 Å². The van der Waals surface area contributed by atoms with Crippen LogP contribution in [0.25, 0.3) is 0 Å². The molecule has 1 aromatic carbocycles. The molecule has 1 N–H and O–H groups in total. The molecule has 0 amide bonds. The number of hydrogen-bond donors (Lipinski definition) is 1. The Bertz CT molecular complexity index is 375. The number of rotatable bonds is 9. The molecule has 1 atom stereocenters. The van der Waals surface area contributed by atoms with Crippen molar-refractivity contribution in [3.8, 4) is 0 Å². The van der Waals surface area contributed by atoms with Gasteiger partial charge in [-0.2, -0.15) is 0 Å². The third-order valence-corrected chi connectivity index (χ3v) is 4.31. The lowest BCUT2D eigenvalue weighted by molar-refractivity contribution is 0.405. The molecular weight excluding hydrogens is 242 g/mol. The van der Waals surface area contributed by atoms with Gasteiger partial charge >= 0.3 is 0 Å². The van der Waals surface area contributed by atoms with E-state index in [2.05, 4.69) is 50.4 Å². The lowest BCUT2D eigenvalue weighted by atomic mass is 9.92. The molecule has 0 spiro atoms. The summed E-state index contributed by atoms with van der Waals surface area (Å²) in [6, 6.07) is 9.94. The highest BCUT2D eigenvalue weighted by molar-refractivity contribution is 5.21. The van der Waals surface area contributed by atoms with Gasteiger partial charge in [-0.1, -0.05) is 56.5 Å². The molecule has 1 saturated carbocycles. The van der Waals surface area contributed by atoms with E-state index in [9.17, 15) is 0 Å². The summed E-state index contributed by atoms with van der Waals surface area (Å²) < 4.78 is 0. The molecule has 1 aromatic rings. The fraction of sp³-hybridized carbons (Fsp3) is 0.684. The molecule has 2 rings (SSSR count). The Morgan fingerprint density at radius 1 is 1.10 bits per heavy atom. The van der Waals surface area contributed by atoms with Gasteiger partial charge in [0.15, 0.2) is 0 Å². The van der Waals surface area contributed by atoms with Crippen molar-refractivity contribution in [1.82, 2.24) is 5.32 Å². The van der Waals surface area contributed by atoms with Crippen LogP contribution >= 0.6 is 0 Å². The van der Waals surface area contributed by atoms with Crippen LogP contribution in [-0.4, -0.2) is 12.6 Å². The zero-order chi connectivity index (χ0) is 14.4. The number of benzene rings is 1. The minimum absolute atomic E-state index is 0.803. The van der Waals surface area contributed by atoms with E-state index < -0.39 is 0 Å². The third kappa shape index (κ3) is 6.09. The molecule has 0 heterocycles. The normalized spacial score (nSPS) is 16.6. The first-order valence-corrected chi connectivity index (χ1v) is 8.42. The van der Waals surface area contributed by atoms with Crippen molar-refractivity contribution in [2.45, 2.75) is 65.3 Å². The first kappa shape index (κ1) is 15.6. The van der Waals surface area contributed by atoms with Gasteiger partial charge in [-0.25, -0.2) is 0 Å². The Balaban J connectivity index is 1.81. The van der Waals surface area contributed by atoms with E-state index in [0.717, 1.165) is 17.9 Å². The number of hydrogen-bond acceptors (Lipinski definition) is 1. The van der Waals surface area contributed by atoms with Gasteiger partial charge in [-0.05, 0) is 56.6 Å². The Kier molecular flexibility index (Phi) is 6.09. The molecule has 1 nitrogen and oxygen atoms in total. The summed E-state index contributed by atoms with van der Waals surface area (Å²) >= 11 is 0. The largest absolute Gasteiger partial charge is 0.314 e. The highest BCUT2D eigenvalue weighted by Gasteiger charge is 2.21. The Morgan fingerprint density at radius 3 is 2.40 bits per heavy atom. The minimum Gasteiger partial charge on any atom is -0.314 e. The molecule has 1 heteroatoms. The Labute approximate surface area is 125 Å². The smallest absolute Gasteiger partial charge is 0.00683 e. The maximum atomic E-state index is 3.73. The molecular formula is C19H31N. The summed E-state index contributed by atoms with van der Waals surface area (Å²) in [5.41, 5.74) is 2.86. The van der Waals surface area contributed by atoms with E-state index in [-0.39, 0.29) is 0 Å². The molecule has 1 fully saturated rings. The quantitative estimate of drug-likeness (QED) is 0.685. The predicted octanol–water partition coefficient (Wildman–Crippen LogP) is 4.73. The fourth-order valence-electron chi connectivity index (χ4n) is 2.77. The zero-order valence-electron chi connectivity index (χ0n) is 13.5. The minimum atomic E-state index is 0.803. The summed E-state index contributed by atoms with van der Waals surface area (Å²) in [4.78, 5) is 0. The van der Waals surface area contributed by atoms with Crippen molar-refractivity contribution >= 4 is 0 Å². The SMILES string of the molecule is Cc1ccc(CC(CCCC(C)C)CNC2CC2)cc1. The average Bonchev–Trinajstić information content (AvgIpc) is 3.22. The molecule has 0 radical (unpaired) electrons. The van der Waals surface area contributed by atoms with Crippen LogP contribution in [0.1, 0.15) is 57.1 Å². The van der Waals surface area contributed by atoms with Gasteiger partial charge < -0.3 is 5.32 Å². The van der Waals surface area contributed by atoms with Gasteiger partial charge in [-0.3, -0.25) is 0 Å². The molecule has 1 aliphatic carbocycles. The lowest BCUT2D eigenvalue weighted by Gasteiger charge is -2.18. The van der Waals surface area contributed by atoms with Gasteiger partial charge in [0.2, 0.25) is 0 Å². The first-order valence-electron chi connectivity index (χ1n) is 8.42. The maximum absolute atomic E-state index is 3.73. The molecule has 112 valence electrons. The topological polar surface area (TPSA) is 12.0 Å². The van der Waals surface area contributed by atoms with Crippen molar-refractivity contribution in [2.24, 2.45) is 11.8 Å². The second-order valence-corrected chi connectivity index (χ2v) is 7.06. The van der Waals surface area contributed by atoms with Gasteiger partial charge in [0, 0.05) is 6.04 Å². The van der Waals surface area contributed by atoms with Crippen LogP contribution in [0.15, 0.2) is 24.3 Å². The Hall–Kier alpha value is -0.820. The third-order valence-electron chi connectivity index (χ3n) is 4.31. The van der Waals surface area contributed by atoms with Gasteiger partial charge in [-0.15, -0.1) is 0 Å². The summed E-state index contributed by atoms with van der Waals surface area (Å²) in [5, 5.41) is 3.73. The van der Waals surface area contributed by atoms with Crippen LogP contribution in [0.5, 0.6) is 0 Å². The van der Waals surface area contributed by atoms with Crippen molar-refractivity contribution in [2.75, 3.05) is 6.54 Å². The van der Waals surface area contributed by atoms with Crippen LogP contribution < -0.4 is 5.32 Å². The molecule has 20 heavy (non-hydrogen) atoms. The van der Waals surface area contributed by atoms with E-state index in [1.165, 1.54) is 56.2 Å². The summed E-state index contributed by atoms with van der Waals surface area (Å²) in [5.74, 6) is 1.64. The van der Waals surface area contributed by atoms with Gasteiger partial charge in [0.1, 0.15) is 0 Å². The van der Waals surface area contributed by atoms with Crippen LogP contribution in [0, 0.1) is 18.8 Å². The van der Waals surface area contributed by atoms with E-state index in [1.54, 1.807) is 0 Å². The van der Waals surface area contributed by atoms with Crippen molar-refractivity contribution < 1.29 is 0 Å². The molecule has 0 aliphatic heterocycles. The monoisotopic (exact) mass is 273 g/mol. The molecule has 0 saturated heterocycles. The van der Waals surface area contributed by atoms with Crippen LogP contribution in [0.4, 0.5) is 0 Å². The van der Waals surface area contributed by atoms with E-state index in [1.807, 2.05) is 0 Å². The number of aryl methyl sites for hydroxylation is 1. The maximum Gasteiger partial charge on any atom is 0.00683 e. The van der Waals surface area contributed by atoms with Gasteiger partial charge in [0.25, 0.3) is 0 Å². The van der Waals surface area contributed by atoms with Crippen molar-refractivity contribution in [1.29, 1.82) is 0 Å². The zero-order valence-corrected chi connectivity index (χ0v) is 13.5. The summed E-state index contributed by atoms with van der Waals surface area (Å²) in [6.45, 7) is 8.03. The van der Waals surface area contributed by atoms with E-state index in [4.69, 9.17) is 0 Å². The molecule has 1 unspecified atom stereocenters. The lowest BCUT2D eigenvalue weighted by Crippen LogP contribution is -2.26. The Morgan fingerprint density at radius 2 is 1.80 bits per heavy atom. The first-order chi connectivity index (χ1) is 9.63. The fourth-order valence-corrected chi connectivity index (χ4v) is 2.77. The second kappa shape index (κ2) is 7.83. The highest BCUT2D eigenvalue weighted by atomic mass is 14.9. The average molecular weight is 273 g/mol. The molecule has 0 bridgehead atoms. The predicted molar refractivity (Wildman–Crippen MR) is 88.1 cm³/mol. The standard InChI is InChI=1S/C19H31N/c1-15(2)5-4-6-18(14-20-19-11-12-19)13-17-9-7-16(3)8-10-17/h7-10,15,18-20H,4-6,11-14H2,1-3H3. The second-order valence-electron chi connectivity index (χ2n) is 7.06. The highest BCUT2D eigenvalue weighted by Crippen LogP contribution is 2.22. The number of nitrogens with one attached hydrogen (secondary N) is 1. The van der Waals surface area contributed by atoms with Crippen molar-refractivity contribution in [3.05, 3.63) is 35.4 Å². The summed E-state index contributed by atoms with van der Waals surface area (Å²) in [7, 11) is 0. The summed E-state index contributed by atoms with van der Waals surface area (Å²) in [6.07, 6.45) is 8.13. The van der Waals surface area contributed by atoms with Gasteiger partial charge in [0.05, 0.1) is 0 Å². The molecule has 1 aliphatic rings.